The summed E-state index contributed by atoms with van der Waals surface area (Å²) in [5.74, 6) is 0.864. The molecule has 1 saturated carbocycles. The molecule has 0 aliphatic heterocycles. The lowest BCUT2D eigenvalue weighted by Gasteiger charge is -2.12. The first-order chi connectivity index (χ1) is 8.31. The van der Waals surface area contributed by atoms with Gasteiger partial charge in [-0.15, -0.1) is 0 Å². The Hall–Kier alpha value is -1.09. The lowest BCUT2D eigenvalue weighted by molar-refractivity contribution is 0.382. The van der Waals surface area contributed by atoms with Gasteiger partial charge in [-0.1, -0.05) is 25.0 Å². The summed E-state index contributed by atoms with van der Waals surface area (Å²) in [6, 6.07) is 5.28. The average Bonchev–Trinajstić information content (AvgIpc) is 2.84. The molecule has 2 rings (SSSR count). The number of benzene rings is 1. The van der Waals surface area contributed by atoms with E-state index in [9.17, 15) is 4.39 Å². The molecule has 0 amide bonds. The molecule has 0 saturated heterocycles. The summed E-state index contributed by atoms with van der Waals surface area (Å²) < 4.78 is 18.8. The quantitative estimate of drug-likeness (QED) is 0.849. The second-order valence-corrected chi connectivity index (χ2v) is 4.71. The van der Waals surface area contributed by atoms with Crippen molar-refractivity contribution in [3.63, 3.8) is 0 Å². The Kier molecular flexibility index (Phi) is 4.37. The van der Waals surface area contributed by atoms with Gasteiger partial charge >= 0.3 is 0 Å². The molecule has 0 aromatic heterocycles. The minimum absolute atomic E-state index is 0.242. The Morgan fingerprint density at radius 2 is 2.12 bits per heavy atom. The lowest BCUT2D eigenvalue weighted by Crippen LogP contribution is -2.21. The van der Waals surface area contributed by atoms with Crippen molar-refractivity contribution >= 4 is 0 Å². The SMILES string of the molecule is COc1cccc(CNCC2CCCC2)c1F. The van der Waals surface area contributed by atoms with Crippen molar-refractivity contribution in [2.24, 2.45) is 5.92 Å². The fraction of sp³-hybridized carbons (Fsp3) is 0.571. The molecule has 3 heteroatoms. The van der Waals surface area contributed by atoms with Crippen LogP contribution in [0.5, 0.6) is 5.75 Å². The Morgan fingerprint density at radius 1 is 1.35 bits per heavy atom. The Labute approximate surface area is 102 Å². The van der Waals surface area contributed by atoms with Gasteiger partial charge in [0.2, 0.25) is 0 Å². The maximum absolute atomic E-state index is 13.8. The van der Waals surface area contributed by atoms with Crippen molar-refractivity contribution in [2.45, 2.75) is 32.2 Å². The minimum Gasteiger partial charge on any atom is -0.494 e. The zero-order valence-corrected chi connectivity index (χ0v) is 10.3. The molecule has 0 unspecified atom stereocenters. The summed E-state index contributed by atoms with van der Waals surface area (Å²) in [5.41, 5.74) is 0.683. The van der Waals surface area contributed by atoms with Gasteiger partial charge in [-0.3, -0.25) is 0 Å². The fourth-order valence-corrected chi connectivity index (χ4v) is 2.48. The molecule has 1 aromatic carbocycles. The van der Waals surface area contributed by atoms with E-state index < -0.39 is 0 Å². The number of nitrogens with one attached hydrogen (secondary N) is 1. The van der Waals surface area contributed by atoms with Crippen LogP contribution in [0.25, 0.3) is 0 Å². The second kappa shape index (κ2) is 6.01. The van der Waals surface area contributed by atoms with Crippen LogP contribution in [0.15, 0.2) is 18.2 Å². The molecule has 0 heterocycles. The molecule has 0 bridgehead atoms. The fourth-order valence-electron chi connectivity index (χ4n) is 2.48. The Balaban J connectivity index is 1.85. The highest BCUT2D eigenvalue weighted by Crippen LogP contribution is 2.24. The third kappa shape index (κ3) is 3.19. The van der Waals surface area contributed by atoms with Crippen LogP contribution in [0.3, 0.4) is 0 Å². The van der Waals surface area contributed by atoms with E-state index in [1.54, 1.807) is 12.1 Å². The van der Waals surface area contributed by atoms with Crippen LogP contribution in [-0.4, -0.2) is 13.7 Å². The molecule has 0 radical (unpaired) electrons. The van der Waals surface area contributed by atoms with Gasteiger partial charge in [-0.25, -0.2) is 4.39 Å². The number of rotatable bonds is 5. The number of hydrogen-bond acceptors (Lipinski definition) is 2. The smallest absolute Gasteiger partial charge is 0.169 e. The third-order valence-corrected chi connectivity index (χ3v) is 3.49. The summed E-state index contributed by atoms with van der Waals surface area (Å²) >= 11 is 0. The van der Waals surface area contributed by atoms with Gasteiger partial charge in [-0.2, -0.15) is 0 Å². The molecular formula is C14H20FNO. The maximum atomic E-state index is 13.8. The normalized spacial score (nSPS) is 16.4. The number of methoxy groups -OCH3 is 1. The number of ether oxygens (including phenoxy) is 1. The zero-order chi connectivity index (χ0) is 12.1. The first kappa shape index (κ1) is 12.4. The minimum atomic E-state index is -0.242. The molecule has 1 aliphatic carbocycles. The van der Waals surface area contributed by atoms with Gasteiger partial charge in [0.1, 0.15) is 0 Å². The van der Waals surface area contributed by atoms with Gasteiger partial charge in [0.15, 0.2) is 11.6 Å². The lowest BCUT2D eigenvalue weighted by atomic mass is 10.1. The number of halogens is 1. The molecule has 1 N–H and O–H groups in total. The van der Waals surface area contributed by atoms with Crippen LogP contribution < -0.4 is 10.1 Å². The van der Waals surface area contributed by atoms with E-state index in [0.29, 0.717) is 17.9 Å². The summed E-state index contributed by atoms with van der Waals surface area (Å²) in [6.45, 7) is 1.58. The van der Waals surface area contributed by atoms with E-state index >= 15 is 0 Å². The van der Waals surface area contributed by atoms with E-state index in [1.165, 1.54) is 32.8 Å². The van der Waals surface area contributed by atoms with Gasteiger partial charge in [0, 0.05) is 12.1 Å². The average molecular weight is 237 g/mol. The zero-order valence-electron chi connectivity index (χ0n) is 10.3. The molecule has 1 aliphatic rings. The van der Waals surface area contributed by atoms with Crippen LogP contribution in [0, 0.1) is 11.7 Å². The van der Waals surface area contributed by atoms with Crippen LogP contribution in [-0.2, 0) is 6.54 Å². The Morgan fingerprint density at radius 3 is 2.82 bits per heavy atom. The van der Waals surface area contributed by atoms with E-state index in [4.69, 9.17) is 4.74 Å². The highest BCUT2D eigenvalue weighted by molar-refractivity contribution is 5.30. The molecule has 94 valence electrons. The van der Waals surface area contributed by atoms with Crippen molar-refractivity contribution < 1.29 is 9.13 Å². The van der Waals surface area contributed by atoms with Gasteiger partial charge in [0.25, 0.3) is 0 Å². The van der Waals surface area contributed by atoms with Crippen LogP contribution in [0.2, 0.25) is 0 Å². The van der Waals surface area contributed by atoms with E-state index in [-0.39, 0.29) is 5.82 Å². The summed E-state index contributed by atoms with van der Waals surface area (Å²) in [6.07, 6.45) is 5.32. The summed E-state index contributed by atoms with van der Waals surface area (Å²) in [4.78, 5) is 0. The maximum Gasteiger partial charge on any atom is 0.169 e. The first-order valence-electron chi connectivity index (χ1n) is 6.33. The van der Waals surface area contributed by atoms with Crippen molar-refractivity contribution in [3.05, 3.63) is 29.6 Å². The largest absolute Gasteiger partial charge is 0.494 e. The van der Waals surface area contributed by atoms with Crippen molar-refractivity contribution in [1.29, 1.82) is 0 Å². The predicted octanol–water partition coefficient (Wildman–Crippen LogP) is 3.11. The van der Waals surface area contributed by atoms with Gasteiger partial charge in [0.05, 0.1) is 7.11 Å². The summed E-state index contributed by atoms with van der Waals surface area (Å²) in [7, 11) is 1.49. The molecule has 2 nitrogen and oxygen atoms in total. The molecule has 0 spiro atoms. The van der Waals surface area contributed by atoms with E-state index in [2.05, 4.69) is 5.32 Å². The van der Waals surface area contributed by atoms with Crippen LogP contribution in [0.4, 0.5) is 4.39 Å². The highest BCUT2D eigenvalue weighted by Gasteiger charge is 2.14. The monoisotopic (exact) mass is 237 g/mol. The van der Waals surface area contributed by atoms with Gasteiger partial charge in [-0.05, 0) is 31.4 Å². The molecule has 0 atom stereocenters. The topological polar surface area (TPSA) is 21.3 Å². The van der Waals surface area contributed by atoms with E-state index in [1.807, 2.05) is 6.07 Å². The molecular weight excluding hydrogens is 217 g/mol. The highest BCUT2D eigenvalue weighted by atomic mass is 19.1. The molecule has 1 fully saturated rings. The predicted molar refractivity (Wildman–Crippen MR) is 66.6 cm³/mol. The third-order valence-electron chi connectivity index (χ3n) is 3.49. The van der Waals surface area contributed by atoms with Crippen LogP contribution in [0.1, 0.15) is 31.2 Å². The summed E-state index contributed by atoms with van der Waals surface area (Å²) in [5, 5.41) is 3.34. The van der Waals surface area contributed by atoms with Crippen LogP contribution >= 0.6 is 0 Å². The second-order valence-electron chi connectivity index (χ2n) is 4.71. The number of hydrogen-bond donors (Lipinski definition) is 1. The standard InChI is InChI=1S/C14H20FNO/c1-17-13-8-4-7-12(14(13)15)10-16-9-11-5-2-3-6-11/h4,7-8,11,16H,2-3,5-6,9-10H2,1H3. The van der Waals surface area contributed by atoms with Crippen molar-refractivity contribution in [1.82, 2.24) is 5.32 Å². The van der Waals surface area contributed by atoms with Crippen molar-refractivity contribution in [2.75, 3.05) is 13.7 Å². The molecule has 1 aromatic rings. The van der Waals surface area contributed by atoms with Crippen molar-refractivity contribution in [3.8, 4) is 5.75 Å². The Bertz CT molecular complexity index is 361. The first-order valence-corrected chi connectivity index (χ1v) is 6.33. The van der Waals surface area contributed by atoms with Gasteiger partial charge < -0.3 is 10.1 Å². The molecule has 17 heavy (non-hydrogen) atoms. The van der Waals surface area contributed by atoms with E-state index in [0.717, 1.165) is 12.5 Å².